The number of β-lactam (4-membered cyclic amide) rings is 1. The van der Waals surface area contributed by atoms with Gasteiger partial charge in [-0.15, -0.1) is 5.10 Å². The van der Waals surface area contributed by atoms with E-state index >= 15 is 0 Å². The second kappa shape index (κ2) is 6.35. The van der Waals surface area contributed by atoms with Crippen LogP contribution in [0.1, 0.15) is 28.8 Å². The van der Waals surface area contributed by atoms with Crippen molar-refractivity contribution in [1.29, 1.82) is 0 Å². The Labute approximate surface area is 160 Å². The topological polar surface area (TPSA) is 73.1 Å². The highest BCUT2D eigenvalue weighted by Gasteiger charge is 2.50. The molecule has 1 fully saturated rings. The Morgan fingerprint density at radius 2 is 2.00 bits per heavy atom. The molecule has 1 aromatic heterocycles. The van der Waals surface area contributed by atoms with Gasteiger partial charge in [0.05, 0.1) is 12.6 Å². The second-order valence-electron chi connectivity index (χ2n) is 6.74. The number of rotatable bonds is 4. The van der Waals surface area contributed by atoms with Gasteiger partial charge in [-0.3, -0.25) is 4.79 Å². The van der Waals surface area contributed by atoms with Crippen molar-refractivity contribution in [3.8, 4) is 5.75 Å². The maximum atomic E-state index is 12.9. The summed E-state index contributed by atoms with van der Waals surface area (Å²) in [4.78, 5) is 14.8. The van der Waals surface area contributed by atoms with Crippen molar-refractivity contribution >= 4 is 17.5 Å². The molecule has 2 aliphatic rings. The fraction of sp³-hybridized carbons (Fsp3) is 0.263. The molecule has 2 aliphatic heterocycles. The fourth-order valence-corrected chi connectivity index (χ4v) is 3.93. The molecule has 7 nitrogen and oxygen atoms in total. The first-order chi connectivity index (χ1) is 13.2. The van der Waals surface area contributed by atoms with Crippen molar-refractivity contribution in [2.75, 3.05) is 6.61 Å². The van der Waals surface area contributed by atoms with E-state index in [1.807, 2.05) is 41.3 Å². The number of hydrogen-bond acceptors (Lipinski definition) is 5. The molecule has 0 radical (unpaired) electrons. The van der Waals surface area contributed by atoms with E-state index in [2.05, 4.69) is 21.6 Å². The standard InChI is InChI=1S/C19H16ClN5O2/c20-15-4-1-12(2-5-15)10-24-17(18(19(24)26)25-11-21-22-23-25)14-3-6-16-13(9-14)7-8-27-16/h1-6,9,11,17-18H,7-8,10H2/t17-,18-/m0/s1. The van der Waals surface area contributed by atoms with Crippen LogP contribution >= 0.6 is 11.6 Å². The summed E-state index contributed by atoms with van der Waals surface area (Å²) < 4.78 is 7.14. The minimum Gasteiger partial charge on any atom is -0.493 e. The molecule has 8 heteroatoms. The normalized spacial score (nSPS) is 20.9. The summed E-state index contributed by atoms with van der Waals surface area (Å²) in [6.45, 7) is 1.21. The first-order valence-electron chi connectivity index (χ1n) is 8.74. The summed E-state index contributed by atoms with van der Waals surface area (Å²) >= 11 is 5.98. The number of carbonyl (C=O) groups is 1. The van der Waals surface area contributed by atoms with Crippen LogP contribution in [0.4, 0.5) is 0 Å². The number of aromatic nitrogens is 4. The molecule has 1 amide bonds. The van der Waals surface area contributed by atoms with Crippen molar-refractivity contribution in [3.05, 3.63) is 70.5 Å². The first kappa shape index (κ1) is 16.3. The number of halogens is 1. The maximum absolute atomic E-state index is 12.9. The highest BCUT2D eigenvalue weighted by Crippen LogP contribution is 2.45. The third-order valence-electron chi connectivity index (χ3n) is 5.14. The Kier molecular flexibility index (Phi) is 3.82. The lowest BCUT2D eigenvalue weighted by Crippen LogP contribution is -2.55. The zero-order chi connectivity index (χ0) is 18.4. The Bertz CT molecular complexity index is 990. The van der Waals surface area contributed by atoms with Crippen LogP contribution in [0.3, 0.4) is 0 Å². The Hall–Kier alpha value is -2.93. The molecule has 136 valence electrons. The molecule has 1 saturated heterocycles. The van der Waals surface area contributed by atoms with Gasteiger partial charge in [-0.2, -0.15) is 0 Å². The lowest BCUT2D eigenvalue weighted by atomic mass is 9.87. The molecule has 5 rings (SSSR count). The van der Waals surface area contributed by atoms with Gasteiger partial charge in [-0.25, -0.2) is 4.68 Å². The molecule has 0 aliphatic carbocycles. The third-order valence-corrected chi connectivity index (χ3v) is 5.39. The minimum atomic E-state index is -0.437. The summed E-state index contributed by atoms with van der Waals surface area (Å²) in [7, 11) is 0. The van der Waals surface area contributed by atoms with E-state index in [9.17, 15) is 4.79 Å². The van der Waals surface area contributed by atoms with Gasteiger partial charge in [0.15, 0.2) is 6.04 Å². The number of benzene rings is 2. The number of tetrazole rings is 1. The van der Waals surface area contributed by atoms with Gasteiger partial charge in [0, 0.05) is 18.0 Å². The average Bonchev–Trinajstić information content (AvgIpc) is 3.36. The molecule has 0 saturated carbocycles. The Balaban J connectivity index is 1.50. The Morgan fingerprint density at radius 3 is 2.78 bits per heavy atom. The fourth-order valence-electron chi connectivity index (χ4n) is 3.80. The molecular weight excluding hydrogens is 366 g/mol. The van der Waals surface area contributed by atoms with Crippen molar-refractivity contribution in [1.82, 2.24) is 25.1 Å². The van der Waals surface area contributed by atoms with Crippen LogP contribution in [0.5, 0.6) is 5.75 Å². The largest absolute Gasteiger partial charge is 0.493 e. The van der Waals surface area contributed by atoms with Gasteiger partial charge in [0.1, 0.15) is 12.1 Å². The van der Waals surface area contributed by atoms with E-state index in [1.165, 1.54) is 16.6 Å². The number of nitrogens with zero attached hydrogens (tertiary/aromatic N) is 5. The molecule has 3 heterocycles. The zero-order valence-corrected chi connectivity index (χ0v) is 15.1. The van der Waals surface area contributed by atoms with Gasteiger partial charge in [0.2, 0.25) is 0 Å². The molecule has 0 spiro atoms. The maximum Gasteiger partial charge on any atom is 0.251 e. The van der Waals surface area contributed by atoms with E-state index in [-0.39, 0.29) is 11.9 Å². The number of ether oxygens (including phenoxy) is 1. The smallest absolute Gasteiger partial charge is 0.251 e. The number of carbonyl (C=O) groups excluding carboxylic acids is 1. The van der Waals surface area contributed by atoms with E-state index in [4.69, 9.17) is 16.3 Å². The highest BCUT2D eigenvalue weighted by molar-refractivity contribution is 6.30. The summed E-state index contributed by atoms with van der Waals surface area (Å²) in [5, 5.41) is 12.0. The summed E-state index contributed by atoms with van der Waals surface area (Å²) in [6.07, 6.45) is 2.38. The molecular formula is C19H16ClN5O2. The average molecular weight is 382 g/mol. The highest BCUT2D eigenvalue weighted by atomic mass is 35.5. The van der Waals surface area contributed by atoms with Crippen LogP contribution in [0.2, 0.25) is 5.02 Å². The number of amides is 1. The predicted molar refractivity (Wildman–Crippen MR) is 97.2 cm³/mol. The number of likely N-dealkylation sites (tertiary alicyclic amines) is 1. The van der Waals surface area contributed by atoms with Gasteiger partial charge in [0.25, 0.3) is 5.91 Å². The van der Waals surface area contributed by atoms with Crippen LogP contribution in [-0.4, -0.2) is 37.6 Å². The third kappa shape index (κ3) is 2.75. The summed E-state index contributed by atoms with van der Waals surface area (Å²) in [5.74, 6) is 0.923. The van der Waals surface area contributed by atoms with Gasteiger partial charge in [-0.05, 0) is 51.4 Å². The molecule has 0 N–H and O–H groups in total. The van der Waals surface area contributed by atoms with Gasteiger partial charge >= 0.3 is 0 Å². The van der Waals surface area contributed by atoms with E-state index in [1.54, 1.807) is 0 Å². The number of hydrogen-bond donors (Lipinski definition) is 0. The molecule has 0 bridgehead atoms. The van der Waals surface area contributed by atoms with Crippen molar-refractivity contribution in [2.24, 2.45) is 0 Å². The molecule has 2 atom stereocenters. The van der Waals surface area contributed by atoms with Crippen LogP contribution < -0.4 is 4.74 Å². The quantitative estimate of drug-likeness (QED) is 0.649. The summed E-state index contributed by atoms with van der Waals surface area (Å²) in [6, 6.07) is 13.1. The van der Waals surface area contributed by atoms with Gasteiger partial charge in [-0.1, -0.05) is 29.8 Å². The predicted octanol–water partition coefficient (Wildman–Crippen LogP) is 2.59. The second-order valence-corrected chi connectivity index (χ2v) is 7.17. The van der Waals surface area contributed by atoms with Crippen molar-refractivity contribution in [3.63, 3.8) is 0 Å². The van der Waals surface area contributed by atoms with E-state index in [0.717, 1.165) is 23.3 Å². The van der Waals surface area contributed by atoms with E-state index in [0.29, 0.717) is 18.2 Å². The van der Waals surface area contributed by atoms with Crippen LogP contribution in [0, 0.1) is 0 Å². The Morgan fingerprint density at radius 1 is 1.15 bits per heavy atom. The monoisotopic (exact) mass is 381 g/mol. The SMILES string of the molecule is O=C1[C@@H](n2cnnn2)[C@H](c2ccc3c(c2)CCO3)N1Cc1ccc(Cl)cc1. The van der Waals surface area contributed by atoms with Crippen LogP contribution in [-0.2, 0) is 17.8 Å². The summed E-state index contributed by atoms with van der Waals surface area (Å²) in [5.41, 5.74) is 3.26. The molecule has 27 heavy (non-hydrogen) atoms. The van der Waals surface area contributed by atoms with Crippen molar-refractivity contribution in [2.45, 2.75) is 25.0 Å². The van der Waals surface area contributed by atoms with Crippen molar-refractivity contribution < 1.29 is 9.53 Å². The minimum absolute atomic E-state index is 0.000927. The van der Waals surface area contributed by atoms with Crippen LogP contribution in [0.25, 0.3) is 0 Å². The lowest BCUT2D eigenvalue weighted by molar-refractivity contribution is -0.157. The lowest BCUT2D eigenvalue weighted by Gasteiger charge is -2.47. The van der Waals surface area contributed by atoms with Gasteiger partial charge < -0.3 is 9.64 Å². The molecule has 0 unspecified atom stereocenters. The first-order valence-corrected chi connectivity index (χ1v) is 9.11. The molecule has 2 aromatic carbocycles. The van der Waals surface area contributed by atoms with Crippen LogP contribution in [0.15, 0.2) is 48.8 Å². The molecule has 3 aromatic rings. The zero-order valence-electron chi connectivity index (χ0n) is 14.3. The number of fused-ring (bicyclic) bond motifs is 1. The van der Waals surface area contributed by atoms with E-state index < -0.39 is 6.04 Å².